The van der Waals surface area contributed by atoms with Gasteiger partial charge in [0.25, 0.3) is 17.7 Å². The zero-order valence-electron chi connectivity index (χ0n) is 21.5. The summed E-state index contributed by atoms with van der Waals surface area (Å²) in [6.45, 7) is 2.10. The topological polar surface area (TPSA) is 131 Å². The first-order valence-corrected chi connectivity index (χ1v) is 12.5. The highest BCUT2D eigenvalue weighted by Crippen LogP contribution is 2.31. The van der Waals surface area contributed by atoms with E-state index < -0.39 is 29.7 Å². The van der Waals surface area contributed by atoms with E-state index >= 15 is 0 Å². The van der Waals surface area contributed by atoms with Crippen LogP contribution in [0, 0.1) is 0 Å². The summed E-state index contributed by atoms with van der Waals surface area (Å²) in [5.74, 6) is -3.01. The van der Waals surface area contributed by atoms with Gasteiger partial charge in [0.05, 0.1) is 30.5 Å². The minimum atomic E-state index is -0.766. The minimum Gasteiger partial charge on any atom is -0.465 e. The summed E-state index contributed by atoms with van der Waals surface area (Å²) in [5, 5.41) is 5.21. The molecule has 0 bridgehead atoms. The lowest BCUT2D eigenvalue weighted by Gasteiger charge is -2.16. The van der Waals surface area contributed by atoms with Gasteiger partial charge in [-0.1, -0.05) is 30.7 Å². The molecular formula is C29H24ClN3O7. The number of nitrogens with one attached hydrogen (secondary N) is 2. The van der Waals surface area contributed by atoms with E-state index in [2.05, 4.69) is 15.4 Å². The van der Waals surface area contributed by atoms with Crippen LogP contribution in [0.25, 0.3) is 0 Å². The van der Waals surface area contributed by atoms with Crippen LogP contribution in [0.1, 0.15) is 44.4 Å². The average molecular weight is 562 g/mol. The van der Waals surface area contributed by atoms with Gasteiger partial charge in [0.15, 0.2) is 0 Å². The Morgan fingerprint density at radius 2 is 1.52 bits per heavy atom. The van der Waals surface area contributed by atoms with E-state index in [1.807, 2.05) is 6.92 Å². The molecule has 3 aromatic carbocycles. The molecule has 1 aliphatic heterocycles. The average Bonchev–Trinajstić information content (AvgIpc) is 3.18. The van der Waals surface area contributed by atoms with Crippen LogP contribution >= 0.6 is 11.6 Å². The molecule has 4 rings (SSSR count). The van der Waals surface area contributed by atoms with Gasteiger partial charge in [0.1, 0.15) is 10.7 Å². The highest BCUT2D eigenvalue weighted by Gasteiger charge is 2.39. The third-order valence-electron chi connectivity index (χ3n) is 5.76. The second-order valence-electron chi connectivity index (χ2n) is 8.55. The third kappa shape index (κ3) is 6.02. The van der Waals surface area contributed by atoms with Crippen LogP contribution in [0.3, 0.4) is 0 Å². The largest absolute Gasteiger partial charge is 0.465 e. The Bertz CT molecular complexity index is 1530. The Balaban J connectivity index is 1.49. The van der Waals surface area contributed by atoms with Gasteiger partial charge < -0.3 is 20.1 Å². The van der Waals surface area contributed by atoms with Gasteiger partial charge in [0.2, 0.25) is 0 Å². The molecule has 10 nitrogen and oxygen atoms in total. The van der Waals surface area contributed by atoms with Crippen molar-refractivity contribution in [1.29, 1.82) is 0 Å². The van der Waals surface area contributed by atoms with Crippen LogP contribution in [-0.4, -0.2) is 43.4 Å². The standard InChI is InChI=1S/C29H24ClN3O7/c1-3-14-40-29(38)19-7-5-9-22(16-19)33-26(35)23(30)24(27(33)36)31-21-8-4-6-18(15-21)25(34)32-20-12-10-17(11-13-20)28(37)39-2/h4-13,15-16,31H,3,14H2,1-2H3,(H,32,34). The van der Waals surface area contributed by atoms with Crippen molar-refractivity contribution in [2.24, 2.45) is 0 Å². The van der Waals surface area contributed by atoms with E-state index in [0.717, 1.165) is 4.90 Å². The van der Waals surface area contributed by atoms with Gasteiger partial charge >= 0.3 is 11.9 Å². The summed E-state index contributed by atoms with van der Waals surface area (Å²) in [6.07, 6.45) is 0.649. The van der Waals surface area contributed by atoms with Gasteiger partial charge in [-0.25, -0.2) is 14.5 Å². The van der Waals surface area contributed by atoms with Crippen LogP contribution < -0.4 is 15.5 Å². The number of rotatable bonds is 9. The van der Waals surface area contributed by atoms with Crippen LogP contribution in [0.5, 0.6) is 0 Å². The zero-order valence-corrected chi connectivity index (χ0v) is 22.3. The summed E-state index contributed by atoms with van der Waals surface area (Å²) in [6, 6.07) is 18.3. The highest BCUT2D eigenvalue weighted by molar-refractivity contribution is 6.53. The number of hydrogen-bond acceptors (Lipinski definition) is 8. The van der Waals surface area contributed by atoms with Crippen molar-refractivity contribution in [3.8, 4) is 0 Å². The molecule has 1 heterocycles. The molecule has 0 unspecified atom stereocenters. The van der Waals surface area contributed by atoms with Crippen LogP contribution in [0.15, 0.2) is 83.5 Å². The summed E-state index contributed by atoms with van der Waals surface area (Å²) >= 11 is 6.25. The maximum Gasteiger partial charge on any atom is 0.338 e. The number of carbonyl (C=O) groups is 5. The molecule has 3 aromatic rings. The highest BCUT2D eigenvalue weighted by atomic mass is 35.5. The molecule has 0 aliphatic carbocycles. The van der Waals surface area contributed by atoms with Crippen molar-refractivity contribution in [2.45, 2.75) is 13.3 Å². The molecule has 40 heavy (non-hydrogen) atoms. The lowest BCUT2D eigenvalue weighted by Crippen LogP contribution is -2.32. The minimum absolute atomic E-state index is 0.155. The van der Waals surface area contributed by atoms with Gasteiger partial charge in [-0.3, -0.25) is 14.4 Å². The van der Waals surface area contributed by atoms with E-state index in [1.54, 1.807) is 30.3 Å². The fourth-order valence-corrected chi connectivity index (χ4v) is 4.00. The number of hydrogen-bond donors (Lipinski definition) is 2. The monoisotopic (exact) mass is 561 g/mol. The van der Waals surface area contributed by atoms with E-state index in [-0.39, 0.29) is 34.2 Å². The van der Waals surface area contributed by atoms with Crippen LogP contribution in [-0.2, 0) is 19.1 Å². The van der Waals surface area contributed by atoms with E-state index in [1.165, 1.54) is 49.6 Å². The number of ether oxygens (including phenoxy) is 2. The predicted octanol–water partition coefficient (Wildman–Crippen LogP) is 4.73. The molecule has 0 fully saturated rings. The van der Waals surface area contributed by atoms with Crippen molar-refractivity contribution in [3.63, 3.8) is 0 Å². The van der Waals surface area contributed by atoms with Crippen molar-refractivity contribution in [1.82, 2.24) is 0 Å². The fourth-order valence-electron chi connectivity index (χ4n) is 3.79. The first-order valence-electron chi connectivity index (χ1n) is 12.2. The Morgan fingerprint density at radius 3 is 2.23 bits per heavy atom. The lowest BCUT2D eigenvalue weighted by atomic mass is 10.1. The van der Waals surface area contributed by atoms with Crippen molar-refractivity contribution in [3.05, 3.63) is 100 Å². The second kappa shape index (κ2) is 12.3. The number of imide groups is 1. The molecule has 11 heteroatoms. The summed E-state index contributed by atoms with van der Waals surface area (Å²) in [4.78, 5) is 63.6. The van der Waals surface area contributed by atoms with Crippen molar-refractivity contribution in [2.75, 3.05) is 29.3 Å². The number of anilines is 3. The van der Waals surface area contributed by atoms with Crippen molar-refractivity contribution < 1.29 is 33.4 Å². The molecule has 204 valence electrons. The fraction of sp³-hybridized carbons (Fsp3) is 0.138. The predicted molar refractivity (Wildman–Crippen MR) is 148 cm³/mol. The number of amides is 3. The zero-order chi connectivity index (χ0) is 28.8. The molecule has 1 aliphatic rings. The Kier molecular flexibility index (Phi) is 8.60. The SMILES string of the molecule is CCCOC(=O)c1cccc(N2C(=O)C(Cl)=C(Nc3cccc(C(=O)Nc4ccc(C(=O)OC)cc4)c3)C2=O)c1. The Labute approximate surface area is 234 Å². The number of esters is 2. The second-order valence-corrected chi connectivity index (χ2v) is 8.93. The lowest BCUT2D eigenvalue weighted by molar-refractivity contribution is -0.120. The molecule has 0 saturated heterocycles. The number of nitrogens with zero attached hydrogens (tertiary/aromatic N) is 1. The quantitative estimate of drug-likeness (QED) is 0.283. The number of halogens is 1. The summed E-state index contributed by atoms with van der Waals surface area (Å²) in [5.41, 5.74) is 1.54. The summed E-state index contributed by atoms with van der Waals surface area (Å²) in [7, 11) is 1.28. The molecule has 2 N–H and O–H groups in total. The van der Waals surface area contributed by atoms with Gasteiger partial charge in [-0.05, 0) is 67.1 Å². The van der Waals surface area contributed by atoms with Crippen molar-refractivity contribution >= 4 is 58.3 Å². The van der Waals surface area contributed by atoms with Gasteiger partial charge in [-0.2, -0.15) is 0 Å². The Hall–Kier alpha value is -4.96. The summed E-state index contributed by atoms with van der Waals surface area (Å²) < 4.78 is 9.79. The molecule has 0 saturated carbocycles. The molecular weight excluding hydrogens is 538 g/mol. The maximum atomic E-state index is 13.2. The Morgan fingerprint density at radius 1 is 0.825 bits per heavy atom. The van der Waals surface area contributed by atoms with Gasteiger partial charge in [0, 0.05) is 16.9 Å². The maximum absolute atomic E-state index is 13.2. The molecule has 0 aromatic heterocycles. The van der Waals surface area contributed by atoms with E-state index in [0.29, 0.717) is 23.4 Å². The van der Waals surface area contributed by atoms with Crippen LogP contribution in [0.4, 0.5) is 17.1 Å². The molecule has 0 atom stereocenters. The first kappa shape index (κ1) is 28.1. The first-order chi connectivity index (χ1) is 19.2. The number of methoxy groups -OCH3 is 1. The normalized spacial score (nSPS) is 12.8. The molecule has 3 amide bonds. The van der Waals surface area contributed by atoms with Gasteiger partial charge in [-0.15, -0.1) is 0 Å². The molecule has 0 radical (unpaired) electrons. The third-order valence-corrected chi connectivity index (χ3v) is 6.11. The van der Waals surface area contributed by atoms with E-state index in [4.69, 9.17) is 16.3 Å². The molecule has 0 spiro atoms. The van der Waals surface area contributed by atoms with Crippen LogP contribution in [0.2, 0.25) is 0 Å². The number of benzene rings is 3. The van der Waals surface area contributed by atoms with E-state index in [9.17, 15) is 24.0 Å². The smallest absolute Gasteiger partial charge is 0.338 e. The number of carbonyl (C=O) groups excluding carboxylic acids is 5.